The second-order valence-corrected chi connectivity index (χ2v) is 6.06. The lowest BCUT2D eigenvalue weighted by Crippen LogP contribution is -2.59. The van der Waals surface area contributed by atoms with Gasteiger partial charge in [-0.1, -0.05) is 19.8 Å². The quantitative estimate of drug-likeness (QED) is 0.652. The zero-order valence-corrected chi connectivity index (χ0v) is 11.2. The number of aliphatic hydroxyl groups is 1. The number of aliphatic carboxylic acids is 1. The molecule has 1 saturated heterocycles. The van der Waals surface area contributed by atoms with Crippen molar-refractivity contribution < 1.29 is 19.8 Å². The number of nitrogens with two attached hydrogens (primary N) is 1. The molecule has 0 bridgehead atoms. The number of β-amino-alcohol motifs (C(OH)–C–C–N with tert-alkyl or cyclic N) is 1. The molecule has 2 rings (SSSR count). The lowest BCUT2D eigenvalue weighted by Gasteiger charge is -2.39. The number of rotatable bonds is 2. The molecular formula is C13H22N2O4. The van der Waals surface area contributed by atoms with Gasteiger partial charge in [0.2, 0.25) is 5.91 Å². The Labute approximate surface area is 112 Å². The maximum absolute atomic E-state index is 12.6. The van der Waals surface area contributed by atoms with E-state index in [-0.39, 0.29) is 18.9 Å². The second-order valence-electron chi connectivity index (χ2n) is 6.06. The first-order chi connectivity index (χ1) is 8.83. The van der Waals surface area contributed by atoms with Gasteiger partial charge in [-0.2, -0.15) is 0 Å². The number of aliphatic hydroxyl groups excluding tert-OH is 1. The third kappa shape index (κ3) is 2.74. The van der Waals surface area contributed by atoms with Crippen LogP contribution in [0.1, 0.15) is 39.0 Å². The minimum atomic E-state index is -1.07. The normalized spacial score (nSPS) is 39.3. The standard InChI is InChI=1S/C13H22N2O4/c1-8-3-2-4-13(14,6-8)12(19)15-7-9(16)5-10(15)11(17)18/h8-10,16H,2-7,14H2,1H3,(H,17,18). The SMILES string of the molecule is CC1CCCC(N)(C(=O)N2CC(O)CC2C(=O)O)C1. The first kappa shape index (κ1) is 14.3. The van der Waals surface area contributed by atoms with Crippen molar-refractivity contribution in [2.75, 3.05) is 6.54 Å². The topological polar surface area (TPSA) is 104 Å². The minimum absolute atomic E-state index is 0.0726. The highest BCUT2D eigenvalue weighted by atomic mass is 16.4. The van der Waals surface area contributed by atoms with Gasteiger partial charge in [0.25, 0.3) is 0 Å². The molecule has 19 heavy (non-hydrogen) atoms. The summed E-state index contributed by atoms with van der Waals surface area (Å²) in [5.41, 5.74) is 5.25. The van der Waals surface area contributed by atoms with E-state index in [1.807, 2.05) is 0 Å². The van der Waals surface area contributed by atoms with E-state index in [1.54, 1.807) is 0 Å². The van der Waals surface area contributed by atoms with Gasteiger partial charge < -0.3 is 20.8 Å². The smallest absolute Gasteiger partial charge is 0.326 e. The molecule has 1 aliphatic carbocycles. The number of amides is 1. The maximum Gasteiger partial charge on any atom is 0.326 e. The number of nitrogens with zero attached hydrogens (tertiary/aromatic N) is 1. The van der Waals surface area contributed by atoms with Crippen LogP contribution in [0.4, 0.5) is 0 Å². The molecule has 0 aromatic carbocycles. The monoisotopic (exact) mass is 270 g/mol. The van der Waals surface area contributed by atoms with Gasteiger partial charge in [-0.25, -0.2) is 4.79 Å². The summed E-state index contributed by atoms with van der Waals surface area (Å²) in [5, 5.41) is 18.7. The summed E-state index contributed by atoms with van der Waals surface area (Å²) >= 11 is 0. The number of carboxylic acids is 1. The molecule has 4 N–H and O–H groups in total. The van der Waals surface area contributed by atoms with Crippen LogP contribution in [0, 0.1) is 5.92 Å². The van der Waals surface area contributed by atoms with Crippen LogP contribution < -0.4 is 5.73 Å². The van der Waals surface area contributed by atoms with Crippen molar-refractivity contribution in [1.29, 1.82) is 0 Å². The molecule has 2 fully saturated rings. The average molecular weight is 270 g/mol. The number of hydrogen-bond acceptors (Lipinski definition) is 4. The van der Waals surface area contributed by atoms with Gasteiger partial charge in [0.05, 0.1) is 11.6 Å². The summed E-state index contributed by atoms with van der Waals surface area (Å²) in [5.74, 6) is -1.01. The van der Waals surface area contributed by atoms with Gasteiger partial charge in [0.15, 0.2) is 0 Å². The molecule has 0 radical (unpaired) electrons. The molecule has 108 valence electrons. The Morgan fingerprint density at radius 3 is 2.68 bits per heavy atom. The van der Waals surface area contributed by atoms with E-state index in [2.05, 4.69) is 6.92 Å². The summed E-state index contributed by atoms with van der Waals surface area (Å²) in [6, 6.07) is -0.944. The van der Waals surface area contributed by atoms with Crippen LogP contribution in [0.25, 0.3) is 0 Å². The van der Waals surface area contributed by atoms with Crippen molar-refractivity contribution in [3.05, 3.63) is 0 Å². The van der Waals surface area contributed by atoms with Crippen LogP contribution in [-0.4, -0.2) is 51.2 Å². The zero-order valence-electron chi connectivity index (χ0n) is 11.2. The fourth-order valence-electron chi connectivity index (χ4n) is 3.34. The molecule has 2 aliphatic rings. The molecule has 0 aromatic heterocycles. The van der Waals surface area contributed by atoms with Crippen LogP contribution in [0.3, 0.4) is 0 Å². The Morgan fingerprint density at radius 2 is 2.11 bits per heavy atom. The molecule has 0 aromatic rings. The molecule has 1 amide bonds. The van der Waals surface area contributed by atoms with Gasteiger partial charge in [-0.05, 0) is 18.8 Å². The van der Waals surface area contributed by atoms with Crippen LogP contribution in [-0.2, 0) is 9.59 Å². The van der Waals surface area contributed by atoms with Crippen molar-refractivity contribution in [2.24, 2.45) is 11.7 Å². The second kappa shape index (κ2) is 5.09. The van der Waals surface area contributed by atoms with E-state index in [9.17, 15) is 14.7 Å². The highest BCUT2D eigenvalue weighted by molar-refractivity contribution is 5.90. The van der Waals surface area contributed by atoms with Crippen molar-refractivity contribution in [3.8, 4) is 0 Å². The molecule has 1 saturated carbocycles. The van der Waals surface area contributed by atoms with E-state index in [0.717, 1.165) is 12.8 Å². The largest absolute Gasteiger partial charge is 0.480 e. The number of hydrogen-bond donors (Lipinski definition) is 3. The van der Waals surface area contributed by atoms with E-state index in [1.165, 1.54) is 4.90 Å². The number of likely N-dealkylation sites (tertiary alicyclic amines) is 1. The van der Waals surface area contributed by atoms with Crippen LogP contribution in [0.5, 0.6) is 0 Å². The maximum atomic E-state index is 12.6. The summed E-state index contributed by atoms with van der Waals surface area (Å²) in [6.45, 7) is 2.13. The van der Waals surface area contributed by atoms with Gasteiger partial charge in [0, 0.05) is 13.0 Å². The van der Waals surface area contributed by atoms with E-state index in [0.29, 0.717) is 18.8 Å². The Kier molecular flexibility index (Phi) is 3.82. The Hall–Kier alpha value is -1.14. The highest BCUT2D eigenvalue weighted by Gasteiger charge is 2.47. The number of carbonyl (C=O) groups is 2. The summed E-state index contributed by atoms with van der Waals surface area (Å²) in [6.07, 6.45) is 2.44. The first-order valence-corrected chi connectivity index (χ1v) is 6.84. The lowest BCUT2D eigenvalue weighted by molar-refractivity contribution is -0.151. The Morgan fingerprint density at radius 1 is 1.42 bits per heavy atom. The fourth-order valence-corrected chi connectivity index (χ4v) is 3.34. The van der Waals surface area contributed by atoms with E-state index >= 15 is 0 Å². The van der Waals surface area contributed by atoms with Crippen LogP contribution in [0.15, 0.2) is 0 Å². The van der Waals surface area contributed by atoms with Gasteiger partial charge in [-0.3, -0.25) is 4.79 Å². The van der Waals surface area contributed by atoms with E-state index < -0.39 is 23.7 Å². The first-order valence-electron chi connectivity index (χ1n) is 6.84. The highest BCUT2D eigenvalue weighted by Crippen LogP contribution is 2.33. The third-order valence-electron chi connectivity index (χ3n) is 4.28. The predicted molar refractivity (Wildman–Crippen MR) is 68.3 cm³/mol. The average Bonchev–Trinajstić information content (AvgIpc) is 2.70. The molecule has 1 aliphatic heterocycles. The number of carbonyl (C=O) groups excluding carboxylic acids is 1. The molecule has 4 unspecified atom stereocenters. The molecule has 6 heteroatoms. The van der Waals surface area contributed by atoms with Crippen molar-refractivity contribution in [3.63, 3.8) is 0 Å². The predicted octanol–water partition coefficient (Wildman–Crippen LogP) is -0.0596. The summed E-state index contributed by atoms with van der Waals surface area (Å²) < 4.78 is 0. The van der Waals surface area contributed by atoms with Crippen LogP contribution >= 0.6 is 0 Å². The van der Waals surface area contributed by atoms with Crippen molar-refractivity contribution in [1.82, 2.24) is 4.90 Å². The molecule has 0 spiro atoms. The van der Waals surface area contributed by atoms with Crippen molar-refractivity contribution >= 4 is 11.9 Å². The molecule has 6 nitrogen and oxygen atoms in total. The zero-order chi connectivity index (χ0) is 14.2. The molecule has 4 atom stereocenters. The molecule has 1 heterocycles. The van der Waals surface area contributed by atoms with Crippen LogP contribution in [0.2, 0.25) is 0 Å². The minimum Gasteiger partial charge on any atom is -0.480 e. The van der Waals surface area contributed by atoms with Crippen molar-refractivity contribution in [2.45, 2.75) is 56.7 Å². The summed E-state index contributed by atoms with van der Waals surface area (Å²) in [4.78, 5) is 25.0. The van der Waals surface area contributed by atoms with Gasteiger partial charge in [0.1, 0.15) is 6.04 Å². The number of carboxylic acid groups (broad SMARTS) is 1. The third-order valence-corrected chi connectivity index (χ3v) is 4.28. The Bertz CT molecular complexity index is 387. The fraction of sp³-hybridized carbons (Fsp3) is 0.846. The van der Waals surface area contributed by atoms with Gasteiger partial charge >= 0.3 is 5.97 Å². The molecular weight excluding hydrogens is 248 g/mol. The lowest BCUT2D eigenvalue weighted by atomic mass is 9.76. The Balaban J connectivity index is 2.16. The van der Waals surface area contributed by atoms with E-state index in [4.69, 9.17) is 10.8 Å². The summed E-state index contributed by atoms with van der Waals surface area (Å²) in [7, 11) is 0. The van der Waals surface area contributed by atoms with Gasteiger partial charge in [-0.15, -0.1) is 0 Å².